The standard InChI is InChI=1S/C15H11ClO3/c16-13-7-1-10(2-8-13)9-14(17)11-3-5-12(6-4-11)15(18)19/h1-8H,9H2,(H,18,19). The van der Waals surface area contributed by atoms with Crippen LogP contribution in [0.5, 0.6) is 0 Å². The van der Waals surface area contributed by atoms with Gasteiger partial charge >= 0.3 is 5.97 Å². The Morgan fingerprint density at radius 1 is 0.895 bits per heavy atom. The van der Waals surface area contributed by atoms with Gasteiger partial charge in [-0.1, -0.05) is 35.9 Å². The summed E-state index contributed by atoms with van der Waals surface area (Å²) < 4.78 is 0. The van der Waals surface area contributed by atoms with Gasteiger partial charge in [-0.05, 0) is 29.8 Å². The Hall–Kier alpha value is -2.13. The highest BCUT2D eigenvalue weighted by atomic mass is 35.5. The number of rotatable bonds is 4. The molecule has 0 radical (unpaired) electrons. The molecule has 0 bridgehead atoms. The molecule has 19 heavy (non-hydrogen) atoms. The van der Waals surface area contributed by atoms with E-state index in [1.165, 1.54) is 24.3 Å². The van der Waals surface area contributed by atoms with E-state index in [1.807, 2.05) is 0 Å². The third-order valence-electron chi connectivity index (χ3n) is 2.73. The molecule has 96 valence electrons. The van der Waals surface area contributed by atoms with Gasteiger partial charge in [0, 0.05) is 17.0 Å². The van der Waals surface area contributed by atoms with Crippen molar-refractivity contribution in [2.24, 2.45) is 0 Å². The summed E-state index contributed by atoms with van der Waals surface area (Å²) in [7, 11) is 0. The number of halogens is 1. The average Bonchev–Trinajstić information content (AvgIpc) is 2.41. The lowest BCUT2D eigenvalue weighted by Crippen LogP contribution is -2.04. The summed E-state index contributed by atoms with van der Waals surface area (Å²) in [6.45, 7) is 0. The molecular formula is C15H11ClO3. The zero-order valence-electron chi connectivity index (χ0n) is 9.97. The normalized spacial score (nSPS) is 10.2. The van der Waals surface area contributed by atoms with E-state index in [4.69, 9.17) is 16.7 Å². The second-order valence-corrected chi connectivity index (χ2v) is 4.55. The van der Waals surface area contributed by atoms with Gasteiger partial charge in [0.15, 0.2) is 5.78 Å². The number of aromatic carboxylic acids is 1. The van der Waals surface area contributed by atoms with Gasteiger partial charge < -0.3 is 5.11 Å². The molecule has 0 unspecified atom stereocenters. The van der Waals surface area contributed by atoms with Crippen molar-refractivity contribution in [3.05, 3.63) is 70.2 Å². The molecule has 0 atom stereocenters. The second kappa shape index (κ2) is 5.67. The van der Waals surface area contributed by atoms with Crippen molar-refractivity contribution in [3.8, 4) is 0 Å². The lowest BCUT2D eigenvalue weighted by molar-refractivity contribution is 0.0696. The van der Waals surface area contributed by atoms with Gasteiger partial charge in [0.2, 0.25) is 0 Å². The van der Waals surface area contributed by atoms with Gasteiger partial charge in [-0.2, -0.15) is 0 Å². The van der Waals surface area contributed by atoms with E-state index in [2.05, 4.69) is 0 Å². The summed E-state index contributed by atoms with van der Waals surface area (Å²) >= 11 is 5.77. The highest BCUT2D eigenvalue weighted by molar-refractivity contribution is 6.30. The topological polar surface area (TPSA) is 54.4 Å². The van der Waals surface area contributed by atoms with Crippen molar-refractivity contribution in [2.75, 3.05) is 0 Å². The minimum absolute atomic E-state index is 0.0562. The molecule has 0 aliphatic rings. The maximum atomic E-state index is 12.0. The lowest BCUT2D eigenvalue weighted by Gasteiger charge is -2.02. The Morgan fingerprint density at radius 3 is 1.95 bits per heavy atom. The van der Waals surface area contributed by atoms with Crippen LogP contribution < -0.4 is 0 Å². The Kier molecular flexibility index (Phi) is 3.97. The zero-order chi connectivity index (χ0) is 13.8. The molecule has 2 aromatic carbocycles. The Labute approximate surface area is 115 Å². The van der Waals surface area contributed by atoms with Gasteiger partial charge in [-0.25, -0.2) is 4.79 Å². The van der Waals surface area contributed by atoms with E-state index >= 15 is 0 Å². The molecule has 0 saturated carbocycles. The SMILES string of the molecule is O=C(O)c1ccc(C(=O)Cc2ccc(Cl)cc2)cc1. The first-order valence-electron chi connectivity index (χ1n) is 5.67. The fourth-order valence-electron chi connectivity index (χ4n) is 1.69. The first-order chi connectivity index (χ1) is 9.06. The summed E-state index contributed by atoms with van der Waals surface area (Å²) in [5, 5.41) is 9.40. The molecule has 0 aromatic heterocycles. The number of carboxylic acids is 1. The van der Waals surface area contributed by atoms with Crippen LogP contribution in [0.2, 0.25) is 5.02 Å². The van der Waals surface area contributed by atoms with E-state index in [1.54, 1.807) is 24.3 Å². The molecule has 2 rings (SSSR count). The molecule has 0 heterocycles. The van der Waals surface area contributed by atoms with Gasteiger partial charge in [0.25, 0.3) is 0 Å². The van der Waals surface area contributed by atoms with Crippen LogP contribution in [0.15, 0.2) is 48.5 Å². The molecule has 1 N–H and O–H groups in total. The van der Waals surface area contributed by atoms with E-state index in [0.29, 0.717) is 10.6 Å². The van der Waals surface area contributed by atoms with Crippen molar-refractivity contribution >= 4 is 23.4 Å². The molecule has 0 amide bonds. The third-order valence-corrected chi connectivity index (χ3v) is 2.98. The minimum Gasteiger partial charge on any atom is -0.478 e. The van der Waals surface area contributed by atoms with Crippen LogP contribution in [0.3, 0.4) is 0 Å². The summed E-state index contributed by atoms with van der Waals surface area (Å²) in [6, 6.07) is 13.0. The molecule has 3 nitrogen and oxygen atoms in total. The second-order valence-electron chi connectivity index (χ2n) is 4.11. The van der Waals surface area contributed by atoms with Crippen LogP contribution in [-0.2, 0) is 6.42 Å². The van der Waals surface area contributed by atoms with Crippen LogP contribution >= 0.6 is 11.6 Å². The van der Waals surface area contributed by atoms with Crippen LogP contribution in [0, 0.1) is 0 Å². The van der Waals surface area contributed by atoms with Crippen molar-refractivity contribution in [1.82, 2.24) is 0 Å². The smallest absolute Gasteiger partial charge is 0.335 e. The number of benzene rings is 2. The molecule has 4 heteroatoms. The molecule has 0 aliphatic carbocycles. The quantitative estimate of drug-likeness (QED) is 0.869. The van der Waals surface area contributed by atoms with Crippen molar-refractivity contribution in [1.29, 1.82) is 0 Å². The third kappa shape index (κ3) is 3.42. The monoisotopic (exact) mass is 274 g/mol. The van der Waals surface area contributed by atoms with Crippen LogP contribution in [0.25, 0.3) is 0 Å². The first-order valence-corrected chi connectivity index (χ1v) is 6.05. The van der Waals surface area contributed by atoms with Gasteiger partial charge in [0.1, 0.15) is 0 Å². The number of carbonyl (C=O) groups is 2. The molecule has 0 saturated heterocycles. The fourth-order valence-corrected chi connectivity index (χ4v) is 1.81. The molecule has 0 fully saturated rings. The number of hydrogen-bond acceptors (Lipinski definition) is 2. The first kappa shape index (κ1) is 13.3. The largest absolute Gasteiger partial charge is 0.478 e. The highest BCUT2D eigenvalue weighted by Crippen LogP contribution is 2.13. The molecule has 0 spiro atoms. The summed E-state index contributed by atoms with van der Waals surface area (Å²) in [6.07, 6.45) is 0.267. The molecular weight excluding hydrogens is 264 g/mol. The number of carboxylic acid groups (broad SMARTS) is 1. The van der Waals surface area contributed by atoms with Crippen LogP contribution in [0.4, 0.5) is 0 Å². The van der Waals surface area contributed by atoms with Crippen molar-refractivity contribution < 1.29 is 14.7 Å². The maximum absolute atomic E-state index is 12.0. The average molecular weight is 275 g/mol. The van der Waals surface area contributed by atoms with E-state index in [0.717, 1.165) is 5.56 Å². The van der Waals surface area contributed by atoms with Crippen molar-refractivity contribution in [2.45, 2.75) is 6.42 Å². The predicted octanol–water partition coefficient (Wildman–Crippen LogP) is 3.46. The number of hydrogen-bond donors (Lipinski definition) is 1. The summed E-state index contributed by atoms with van der Waals surface area (Å²) in [5.41, 5.74) is 1.54. The Morgan fingerprint density at radius 2 is 1.42 bits per heavy atom. The predicted molar refractivity (Wildman–Crippen MR) is 72.9 cm³/mol. The Bertz CT molecular complexity index is 600. The summed E-state index contributed by atoms with van der Waals surface area (Å²) in [5.74, 6) is -1.06. The van der Waals surface area contributed by atoms with Crippen molar-refractivity contribution in [3.63, 3.8) is 0 Å². The summed E-state index contributed by atoms with van der Waals surface area (Å²) in [4.78, 5) is 22.7. The van der Waals surface area contributed by atoms with E-state index in [-0.39, 0.29) is 17.8 Å². The van der Waals surface area contributed by atoms with Gasteiger partial charge in [-0.15, -0.1) is 0 Å². The minimum atomic E-state index is -1.00. The maximum Gasteiger partial charge on any atom is 0.335 e. The fraction of sp³-hybridized carbons (Fsp3) is 0.0667. The molecule has 0 aliphatic heterocycles. The van der Waals surface area contributed by atoms with E-state index < -0.39 is 5.97 Å². The lowest BCUT2D eigenvalue weighted by atomic mass is 10.0. The van der Waals surface area contributed by atoms with E-state index in [9.17, 15) is 9.59 Å². The van der Waals surface area contributed by atoms with Gasteiger partial charge in [-0.3, -0.25) is 4.79 Å². The Balaban J connectivity index is 2.11. The van der Waals surface area contributed by atoms with Gasteiger partial charge in [0.05, 0.1) is 5.56 Å². The number of carbonyl (C=O) groups excluding carboxylic acids is 1. The number of Topliss-reactive ketones (excluding diaryl/α,β-unsaturated/α-hetero) is 1. The highest BCUT2D eigenvalue weighted by Gasteiger charge is 2.08. The zero-order valence-corrected chi connectivity index (χ0v) is 10.7. The van der Waals surface area contributed by atoms with Crippen LogP contribution in [-0.4, -0.2) is 16.9 Å². The van der Waals surface area contributed by atoms with Crippen LogP contribution in [0.1, 0.15) is 26.3 Å². The molecule has 2 aromatic rings. The number of ketones is 1.